The Kier molecular flexibility index (Phi) is 4.36. The van der Waals surface area contributed by atoms with Gasteiger partial charge in [-0.15, -0.1) is 0 Å². The molecule has 4 rings (SSSR count). The van der Waals surface area contributed by atoms with Gasteiger partial charge in [-0.25, -0.2) is 9.18 Å². The molecule has 1 aliphatic heterocycles. The smallest absolute Gasteiger partial charge is 0.341 e. The Bertz CT molecular complexity index is 1040. The normalized spacial score (nSPS) is 19.9. The zero-order valence-electron chi connectivity index (χ0n) is 15.8. The number of fused-ring (bicyclic) bond motifs is 1. The fourth-order valence-corrected chi connectivity index (χ4v) is 4.04. The summed E-state index contributed by atoms with van der Waals surface area (Å²) in [5, 5.41) is 9.53. The van der Waals surface area contributed by atoms with Crippen molar-refractivity contribution in [3.8, 4) is 0 Å². The van der Waals surface area contributed by atoms with E-state index in [-0.39, 0.29) is 28.6 Å². The molecule has 1 unspecified atom stereocenters. The van der Waals surface area contributed by atoms with Gasteiger partial charge in [-0.3, -0.25) is 9.59 Å². The number of carbonyl (C=O) groups is 2. The van der Waals surface area contributed by atoms with Crippen LogP contribution in [0.2, 0.25) is 0 Å². The van der Waals surface area contributed by atoms with Gasteiger partial charge in [0, 0.05) is 43.5 Å². The number of amides is 1. The number of aromatic nitrogens is 1. The van der Waals surface area contributed by atoms with E-state index in [1.165, 1.54) is 13.1 Å². The van der Waals surface area contributed by atoms with Crippen molar-refractivity contribution in [3.63, 3.8) is 0 Å². The average molecular weight is 387 g/mol. The van der Waals surface area contributed by atoms with Crippen LogP contribution in [0.15, 0.2) is 17.1 Å². The van der Waals surface area contributed by atoms with Gasteiger partial charge in [0.2, 0.25) is 11.8 Å². The molecular weight excluding hydrogens is 365 g/mol. The van der Waals surface area contributed by atoms with Gasteiger partial charge in [-0.05, 0) is 32.8 Å². The fraction of sp³-hybridized carbons (Fsp3) is 0.450. The van der Waals surface area contributed by atoms with Gasteiger partial charge < -0.3 is 19.5 Å². The zero-order chi connectivity index (χ0) is 20.2. The van der Waals surface area contributed by atoms with Crippen molar-refractivity contribution in [1.82, 2.24) is 9.47 Å². The lowest BCUT2D eigenvalue weighted by Gasteiger charge is -2.39. The van der Waals surface area contributed by atoms with E-state index in [1.54, 1.807) is 15.5 Å². The molecule has 2 aliphatic rings. The molecular formula is C20H22FN3O4. The van der Waals surface area contributed by atoms with Crippen LogP contribution in [0, 0.1) is 12.7 Å². The van der Waals surface area contributed by atoms with Crippen LogP contribution in [-0.2, 0) is 4.79 Å². The third kappa shape index (κ3) is 2.83. The molecule has 7 nitrogen and oxygen atoms in total. The highest BCUT2D eigenvalue weighted by Gasteiger charge is 2.30. The van der Waals surface area contributed by atoms with Crippen molar-refractivity contribution in [2.45, 2.75) is 38.8 Å². The van der Waals surface area contributed by atoms with Gasteiger partial charge in [0.1, 0.15) is 11.4 Å². The molecule has 1 aliphatic carbocycles. The maximum absolute atomic E-state index is 15.3. The molecule has 1 aromatic carbocycles. The molecule has 1 saturated carbocycles. The van der Waals surface area contributed by atoms with Crippen LogP contribution < -0.4 is 10.3 Å². The molecule has 1 amide bonds. The molecule has 28 heavy (non-hydrogen) atoms. The number of carboxylic acids is 1. The van der Waals surface area contributed by atoms with E-state index in [4.69, 9.17) is 0 Å². The summed E-state index contributed by atoms with van der Waals surface area (Å²) >= 11 is 0. The largest absolute Gasteiger partial charge is 0.477 e. The molecule has 8 heteroatoms. The fourth-order valence-electron chi connectivity index (χ4n) is 4.04. The highest BCUT2D eigenvalue weighted by atomic mass is 19.1. The lowest BCUT2D eigenvalue weighted by molar-refractivity contribution is -0.120. The number of carboxylic acid groups (broad SMARTS) is 1. The van der Waals surface area contributed by atoms with Crippen molar-refractivity contribution in [2.75, 3.05) is 24.5 Å². The highest BCUT2D eigenvalue weighted by molar-refractivity contribution is 5.95. The van der Waals surface area contributed by atoms with Gasteiger partial charge in [-0.1, -0.05) is 0 Å². The van der Waals surface area contributed by atoms with Crippen LogP contribution >= 0.6 is 0 Å². The van der Waals surface area contributed by atoms with Crippen molar-refractivity contribution >= 4 is 29.0 Å². The van der Waals surface area contributed by atoms with Crippen LogP contribution in [0.25, 0.3) is 10.9 Å². The van der Waals surface area contributed by atoms with Crippen molar-refractivity contribution < 1.29 is 19.1 Å². The number of anilines is 1. The van der Waals surface area contributed by atoms with Crippen molar-refractivity contribution in [1.29, 1.82) is 0 Å². The second-order valence-corrected chi connectivity index (χ2v) is 7.68. The third-order valence-corrected chi connectivity index (χ3v) is 5.80. The average Bonchev–Trinajstić information content (AvgIpc) is 3.49. The second-order valence-electron chi connectivity index (χ2n) is 7.68. The van der Waals surface area contributed by atoms with Crippen LogP contribution in [0.3, 0.4) is 0 Å². The molecule has 2 fully saturated rings. The summed E-state index contributed by atoms with van der Waals surface area (Å²) in [7, 11) is 0. The van der Waals surface area contributed by atoms with Crippen LogP contribution in [0.4, 0.5) is 10.1 Å². The van der Waals surface area contributed by atoms with E-state index in [0.717, 1.165) is 19.3 Å². The van der Waals surface area contributed by atoms with Crippen LogP contribution in [0.1, 0.15) is 41.7 Å². The maximum Gasteiger partial charge on any atom is 0.341 e. The number of aryl methyl sites for hydroxylation is 1. The number of piperazine rings is 1. The van der Waals surface area contributed by atoms with Gasteiger partial charge in [-0.2, -0.15) is 0 Å². The quantitative estimate of drug-likeness (QED) is 0.813. The lowest BCUT2D eigenvalue weighted by atomic mass is 10.0. The number of rotatable bonds is 4. The first-order valence-electron chi connectivity index (χ1n) is 9.40. The summed E-state index contributed by atoms with van der Waals surface area (Å²) in [5.74, 6) is -1.81. The predicted octanol–water partition coefficient (Wildman–Crippen LogP) is 2.15. The van der Waals surface area contributed by atoms with Crippen molar-refractivity contribution in [3.05, 3.63) is 39.4 Å². The number of benzene rings is 1. The van der Waals surface area contributed by atoms with Crippen LogP contribution in [-0.4, -0.2) is 52.6 Å². The van der Waals surface area contributed by atoms with E-state index < -0.39 is 17.2 Å². The van der Waals surface area contributed by atoms with E-state index in [1.807, 2.05) is 11.8 Å². The molecule has 0 spiro atoms. The van der Waals surface area contributed by atoms with E-state index in [9.17, 15) is 19.5 Å². The summed E-state index contributed by atoms with van der Waals surface area (Å²) in [6, 6.07) is 1.73. The minimum atomic E-state index is -1.30. The van der Waals surface area contributed by atoms with E-state index in [2.05, 4.69) is 0 Å². The molecule has 2 aromatic rings. The Balaban J connectivity index is 1.91. The summed E-state index contributed by atoms with van der Waals surface area (Å²) in [6.07, 6.45) is 4.00. The summed E-state index contributed by atoms with van der Waals surface area (Å²) < 4.78 is 17.1. The zero-order valence-corrected chi connectivity index (χ0v) is 15.8. The Labute approximate surface area is 161 Å². The van der Waals surface area contributed by atoms with Gasteiger partial charge in [0.15, 0.2) is 0 Å². The first-order chi connectivity index (χ1) is 13.3. The Morgan fingerprint density at radius 2 is 2.04 bits per heavy atom. The Morgan fingerprint density at radius 1 is 1.32 bits per heavy atom. The molecule has 1 N–H and O–H groups in total. The van der Waals surface area contributed by atoms with E-state index >= 15 is 4.39 Å². The maximum atomic E-state index is 15.3. The number of aromatic carboxylic acids is 1. The number of nitrogens with zero attached hydrogens (tertiary/aromatic N) is 3. The first kappa shape index (κ1) is 18.5. The van der Waals surface area contributed by atoms with Crippen LogP contribution in [0.5, 0.6) is 0 Å². The van der Waals surface area contributed by atoms with E-state index in [0.29, 0.717) is 30.8 Å². The summed E-state index contributed by atoms with van der Waals surface area (Å²) in [4.78, 5) is 38.9. The molecule has 0 radical (unpaired) electrons. The molecule has 2 heterocycles. The molecule has 1 saturated heterocycles. The number of carbonyl (C=O) groups excluding carboxylic acids is 1. The number of halogens is 1. The predicted molar refractivity (Wildman–Crippen MR) is 103 cm³/mol. The molecule has 148 valence electrons. The summed E-state index contributed by atoms with van der Waals surface area (Å²) in [6.45, 7) is 4.91. The number of hydrogen-bond donors (Lipinski definition) is 1. The topological polar surface area (TPSA) is 82.8 Å². The SMILES string of the molecule is Cc1c(F)c(N2CCN(C=O)C(C)C2)cc2c1c(=O)c(C(=O)O)cn2C1CC1. The first-order valence-corrected chi connectivity index (χ1v) is 9.40. The lowest BCUT2D eigenvalue weighted by Crippen LogP contribution is -2.51. The number of hydrogen-bond acceptors (Lipinski definition) is 4. The van der Waals surface area contributed by atoms with Gasteiger partial charge in [0.05, 0.1) is 16.6 Å². The van der Waals surface area contributed by atoms with Gasteiger partial charge in [0.25, 0.3) is 0 Å². The standard InChI is InChI=1S/C20H22FN3O4/c1-11-8-22(5-6-23(11)10-25)16-7-15-17(12(2)18(16)21)19(26)14(20(27)28)9-24(15)13-3-4-13/h7,9-11,13H,3-6,8H2,1-2H3,(H,27,28). The molecule has 1 aromatic heterocycles. The molecule has 0 bridgehead atoms. The minimum Gasteiger partial charge on any atom is -0.477 e. The van der Waals surface area contributed by atoms with Gasteiger partial charge >= 0.3 is 5.97 Å². The Morgan fingerprint density at radius 3 is 2.61 bits per heavy atom. The molecule has 1 atom stereocenters. The monoisotopic (exact) mass is 387 g/mol. The van der Waals surface area contributed by atoms with Crippen molar-refractivity contribution in [2.24, 2.45) is 0 Å². The Hall–Kier alpha value is -2.90. The highest BCUT2D eigenvalue weighted by Crippen LogP contribution is 2.39. The number of pyridine rings is 1. The third-order valence-electron chi connectivity index (χ3n) is 5.80. The second kappa shape index (κ2) is 6.61. The summed E-state index contributed by atoms with van der Waals surface area (Å²) in [5.41, 5.74) is 0.140. The minimum absolute atomic E-state index is 0.0540.